The molecule has 0 radical (unpaired) electrons. The van der Waals surface area contributed by atoms with Crippen molar-refractivity contribution in [3.05, 3.63) is 47.9 Å². The molecule has 3 heterocycles. The van der Waals surface area contributed by atoms with E-state index in [2.05, 4.69) is 5.32 Å². The molecule has 3 aromatic rings. The summed E-state index contributed by atoms with van der Waals surface area (Å²) in [6, 6.07) is 9.40. The fourth-order valence-corrected chi connectivity index (χ4v) is 5.52. The van der Waals surface area contributed by atoms with Gasteiger partial charge in [-0.15, -0.1) is 0 Å². The smallest absolute Gasteiger partial charge is 0.271 e. The summed E-state index contributed by atoms with van der Waals surface area (Å²) < 4.78 is 18.4. The van der Waals surface area contributed by atoms with Gasteiger partial charge in [0.05, 0.1) is 32.5 Å². The van der Waals surface area contributed by atoms with Gasteiger partial charge in [0.15, 0.2) is 5.58 Å². The van der Waals surface area contributed by atoms with Gasteiger partial charge in [0.25, 0.3) is 5.91 Å². The maximum Gasteiger partial charge on any atom is 0.271 e. The monoisotopic (exact) mass is 479 g/mol. The van der Waals surface area contributed by atoms with Gasteiger partial charge in [0, 0.05) is 24.7 Å². The van der Waals surface area contributed by atoms with Gasteiger partial charge in [-0.25, -0.2) is 0 Å². The van der Waals surface area contributed by atoms with Crippen molar-refractivity contribution in [3.63, 3.8) is 0 Å². The molecule has 35 heavy (non-hydrogen) atoms. The number of carbonyl (C=O) groups excluding carboxylic acids is 2. The zero-order valence-corrected chi connectivity index (χ0v) is 20.6. The highest BCUT2D eigenvalue weighted by Crippen LogP contribution is 2.34. The Morgan fingerprint density at radius 3 is 2.69 bits per heavy atom. The Kier molecular flexibility index (Phi) is 6.21. The molecule has 1 aromatic carbocycles. The highest BCUT2D eigenvalue weighted by molar-refractivity contribution is 6.03. The maximum atomic E-state index is 13.8. The van der Waals surface area contributed by atoms with Gasteiger partial charge in [-0.2, -0.15) is 0 Å². The van der Waals surface area contributed by atoms with Gasteiger partial charge >= 0.3 is 0 Å². The lowest BCUT2D eigenvalue weighted by Gasteiger charge is -2.45. The second-order valence-electron chi connectivity index (χ2n) is 9.75. The summed E-state index contributed by atoms with van der Waals surface area (Å²) >= 11 is 0. The lowest BCUT2D eigenvalue weighted by molar-refractivity contribution is -0.133. The number of methoxy groups -OCH3 is 2. The fourth-order valence-electron chi connectivity index (χ4n) is 5.52. The van der Waals surface area contributed by atoms with E-state index in [0.29, 0.717) is 30.8 Å². The molecule has 1 aliphatic heterocycles. The molecule has 5 rings (SSSR count). The standard InChI is InChI=1S/C27H33N3O5/c1-27(26(32)28-19-7-5-4-6-8-19)17-29-21-12-14-35-24(21)16-22(29)25(31)30(27)13-11-18-15-20(33-2)9-10-23(18)34-3/h9-10,12,14-16,19H,4-8,11,13,17H2,1-3H3,(H,28,32)/t27-/m1/s1. The summed E-state index contributed by atoms with van der Waals surface area (Å²) in [5.41, 5.74) is 1.90. The third kappa shape index (κ3) is 4.15. The van der Waals surface area contributed by atoms with Crippen LogP contribution in [0.5, 0.6) is 11.5 Å². The number of nitrogens with one attached hydrogen (secondary N) is 1. The van der Waals surface area contributed by atoms with Gasteiger partial charge in [-0.05, 0) is 49.9 Å². The minimum absolute atomic E-state index is 0.105. The summed E-state index contributed by atoms with van der Waals surface area (Å²) in [4.78, 5) is 29.3. The first-order valence-electron chi connectivity index (χ1n) is 12.3. The van der Waals surface area contributed by atoms with Crippen LogP contribution in [0.1, 0.15) is 55.1 Å². The quantitative estimate of drug-likeness (QED) is 0.550. The Labute approximate surface area is 205 Å². The minimum atomic E-state index is -1.04. The molecule has 2 amide bonds. The van der Waals surface area contributed by atoms with Crippen molar-refractivity contribution in [2.45, 2.75) is 63.6 Å². The van der Waals surface area contributed by atoms with Crippen LogP contribution >= 0.6 is 0 Å². The fraction of sp³-hybridized carbons (Fsp3) is 0.481. The third-order valence-electron chi connectivity index (χ3n) is 7.57. The minimum Gasteiger partial charge on any atom is -0.497 e. The number of ether oxygens (including phenoxy) is 2. The number of nitrogens with zero attached hydrogens (tertiary/aromatic N) is 2. The summed E-state index contributed by atoms with van der Waals surface area (Å²) in [6.45, 7) is 2.61. The first-order chi connectivity index (χ1) is 16.9. The molecule has 8 nitrogen and oxygen atoms in total. The number of hydrogen-bond acceptors (Lipinski definition) is 5. The van der Waals surface area contributed by atoms with Crippen molar-refractivity contribution in [2.24, 2.45) is 0 Å². The molecule has 0 unspecified atom stereocenters. The Balaban J connectivity index is 1.48. The van der Waals surface area contributed by atoms with E-state index in [-0.39, 0.29) is 17.9 Å². The Morgan fingerprint density at radius 1 is 1.14 bits per heavy atom. The average Bonchev–Trinajstić information content (AvgIpc) is 3.47. The zero-order chi connectivity index (χ0) is 24.6. The molecule has 0 spiro atoms. The van der Waals surface area contributed by atoms with Crippen LogP contribution in [-0.4, -0.2) is 53.6 Å². The van der Waals surface area contributed by atoms with E-state index < -0.39 is 5.54 Å². The maximum absolute atomic E-state index is 13.8. The lowest BCUT2D eigenvalue weighted by Crippen LogP contribution is -2.65. The van der Waals surface area contributed by atoms with E-state index in [1.165, 1.54) is 6.42 Å². The molecule has 8 heteroatoms. The number of rotatable bonds is 7. The van der Waals surface area contributed by atoms with Crippen molar-refractivity contribution in [3.8, 4) is 11.5 Å². The Morgan fingerprint density at radius 2 is 1.94 bits per heavy atom. The van der Waals surface area contributed by atoms with Gasteiger partial charge in [-0.1, -0.05) is 19.3 Å². The lowest BCUT2D eigenvalue weighted by atomic mass is 9.91. The molecule has 2 aliphatic rings. The van der Waals surface area contributed by atoms with Crippen LogP contribution in [-0.2, 0) is 17.8 Å². The molecular formula is C27H33N3O5. The molecule has 1 aliphatic carbocycles. The predicted octanol–water partition coefficient (Wildman–Crippen LogP) is 4.16. The largest absolute Gasteiger partial charge is 0.497 e. The van der Waals surface area contributed by atoms with Crippen molar-refractivity contribution in [1.82, 2.24) is 14.8 Å². The summed E-state index contributed by atoms with van der Waals surface area (Å²) in [6.07, 6.45) is 7.56. The molecule has 1 saturated carbocycles. The van der Waals surface area contributed by atoms with Crippen LogP contribution in [0.25, 0.3) is 11.1 Å². The molecule has 1 N–H and O–H groups in total. The highest BCUT2D eigenvalue weighted by atomic mass is 16.5. The van der Waals surface area contributed by atoms with Gasteiger partial charge in [-0.3, -0.25) is 9.59 Å². The second-order valence-corrected chi connectivity index (χ2v) is 9.75. The molecule has 186 valence electrons. The summed E-state index contributed by atoms with van der Waals surface area (Å²) in [5.74, 6) is 1.17. The number of benzene rings is 1. The number of carbonyl (C=O) groups is 2. The molecule has 0 bridgehead atoms. The van der Waals surface area contributed by atoms with Crippen molar-refractivity contribution >= 4 is 22.9 Å². The molecule has 2 aromatic heterocycles. The second kappa shape index (κ2) is 9.32. The first-order valence-corrected chi connectivity index (χ1v) is 12.3. The SMILES string of the molecule is COc1ccc(OC)c(CCN2C(=O)c3cc4occc4n3C[C@]2(C)C(=O)NC2CCCCC2)c1. The van der Waals surface area contributed by atoms with Crippen LogP contribution in [0, 0.1) is 0 Å². The predicted molar refractivity (Wildman–Crippen MR) is 132 cm³/mol. The summed E-state index contributed by atoms with van der Waals surface area (Å²) in [7, 11) is 3.25. The molecule has 1 fully saturated rings. The topological polar surface area (TPSA) is 85.9 Å². The van der Waals surface area contributed by atoms with E-state index in [0.717, 1.165) is 48.3 Å². The first kappa shape index (κ1) is 23.3. The van der Waals surface area contributed by atoms with Crippen LogP contribution in [0.4, 0.5) is 0 Å². The normalized spacial score (nSPS) is 20.7. The van der Waals surface area contributed by atoms with Crippen LogP contribution in [0.3, 0.4) is 0 Å². The van der Waals surface area contributed by atoms with Crippen molar-refractivity contribution < 1.29 is 23.5 Å². The summed E-state index contributed by atoms with van der Waals surface area (Å²) in [5, 5.41) is 3.27. The zero-order valence-electron chi connectivity index (χ0n) is 20.6. The average molecular weight is 480 g/mol. The molecule has 1 atom stereocenters. The third-order valence-corrected chi connectivity index (χ3v) is 7.57. The van der Waals surface area contributed by atoms with Gasteiger partial charge < -0.3 is 28.7 Å². The van der Waals surface area contributed by atoms with E-state index in [9.17, 15) is 9.59 Å². The number of fused-ring (bicyclic) bond motifs is 3. The number of hydrogen-bond donors (Lipinski definition) is 1. The van der Waals surface area contributed by atoms with Crippen molar-refractivity contribution in [2.75, 3.05) is 20.8 Å². The van der Waals surface area contributed by atoms with Crippen molar-refractivity contribution in [1.29, 1.82) is 0 Å². The van der Waals surface area contributed by atoms with Crippen LogP contribution in [0.15, 0.2) is 41.0 Å². The van der Waals surface area contributed by atoms with Crippen LogP contribution in [0.2, 0.25) is 0 Å². The van der Waals surface area contributed by atoms with E-state index in [4.69, 9.17) is 13.9 Å². The Bertz CT molecular complexity index is 1240. The molecular weight excluding hydrogens is 446 g/mol. The van der Waals surface area contributed by atoms with Gasteiger partial charge in [0.2, 0.25) is 5.91 Å². The van der Waals surface area contributed by atoms with E-state index in [1.807, 2.05) is 35.8 Å². The van der Waals surface area contributed by atoms with E-state index in [1.54, 1.807) is 31.4 Å². The number of furan rings is 1. The molecule has 0 saturated heterocycles. The van der Waals surface area contributed by atoms with Crippen LogP contribution < -0.4 is 14.8 Å². The number of aromatic nitrogens is 1. The van der Waals surface area contributed by atoms with Gasteiger partial charge in [0.1, 0.15) is 22.7 Å². The number of amides is 2. The highest BCUT2D eigenvalue weighted by Gasteiger charge is 2.48. The van der Waals surface area contributed by atoms with E-state index >= 15 is 0 Å². The Hall–Kier alpha value is -3.42.